The van der Waals surface area contributed by atoms with Crippen LogP contribution in [0.3, 0.4) is 0 Å². The van der Waals surface area contributed by atoms with Gasteiger partial charge in [0.2, 0.25) is 0 Å². The van der Waals surface area contributed by atoms with Crippen molar-refractivity contribution < 1.29 is 9.53 Å². The van der Waals surface area contributed by atoms with Gasteiger partial charge in [0, 0.05) is 25.0 Å². The fourth-order valence-electron chi connectivity index (χ4n) is 2.92. The van der Waals surface area contributed by atoms with Crippen molar-refractivity contribution in [2.75, 3.05) is 13.7 Å². The van der Waals surface area contributed by atoms with Gasteiger partial charge >= 0.3 is 0 Å². The van der Waals surface area contributed by atoms with E-state index in [0.717, 1.165) is 34.7 Å². The normalized spacial score (nSPS) is 17.3. The molecule has 1 fully saturated rings. The summed E-state index contributed by atoms with van der Waals surface area (Å²) in [6, 6.07) is 9.97. The first kappa shape index (κ1) is 18.5. The summed E-state index contributed by atoms with van der Waals surface area (Å²) < 4.78 is 7.38. The summed E-state index contributed by atoms with van der Waals surface area (Å²) in [7, 11) is 1.70. The van der Waals surface area contributed by atoms with Crippen molar-refractivity contribution in [1.82, 2.24) is 9.88 Å². The van der Waals surface area contributed by atoms with Crippen LogP contribution in [0.1, 0.15) is 22.5 Å². The summed E-state index contributed by atoms with van der Waals surface area (Å²) in [6.45, 7) is 7.60. The zero-order valence-electron chi connectivity index (χ0n) is 15.5. The number of aromatic nitrogens is 1. The second-order valence-corrected chi connectivity index (χ2v) is 7.27. The lowest BCUT2D eigenvalue weighted by Gasteiger charge is -2.08. The van der Waals surface area contributed by atoms with Gasteiger partial charge in [-0.15, -0.1) is 0 Å². The molecule has 3 rings (SSSR count). The molecule has 0 atom stereocenters. The fraction of sp³-hybridized carbons (Fsp3) is 0.300. The third-order valence-electron chi connectivity index (χ3n) is 4.41. The van der Waals surface area contributed by atoms with Crippen LogP contribution in [0.2, 0.25) is 0 Å². The highest BCUT2D eigenvalue weighted by Gasteiger charge is 2.24. The zero-order chi connectivity index (χ0) is 18.7. The average molecular weight is 369 g/mol. The molecule has 1 aromatic carbocycles. The molecular weight excluding hydrogens is 346 g/mol. The van der Waals surface area contributed by atoms with E-state index in [0.29, 0.717) is 16.7 Å². The van der Waals surface area contributed by atoms with Crippen molar-refractivity contribution in [3.8, 4) is 0 Å². The Labute approximate surface area is 158 Å². The maximum Gasteiger partial charge on any atom is 0.264 e. The first-order chi connectivity index (χ1) is 12.5. The number of para-hydroxylation sites is 1. The molecule has 6 heteroatoms. The topological polar surface area (TPSA) is 55.6 Å². The van der Waals surface area contributed by atoms with Crippen LogP contribution in [0.15, 0.2) is 40.2 Å². The Hall–Kier alpha value is -2.31. The third-order valence-corrected chi connectivity index (χ3v) is 5.32. The summed E-state index contributed by atoms with van der Waals surface area (Å²) in [5.74, 6) is -0.107. The number of benzene rings is 1. The molecule has 1 aromatic heterocycles. The lowest BCUT2D eigenvalue weighted by Crippen LogP contribution is -2.19. The van der Waals surface area contributed by atoms with Gasteiger partial charge in [-0.25, -0.2) is 4.99 Å². The first-order valence-corrected chi connectivity index (χ1v) is 9.32. The van der Waals surface area contributed by atoms with Crippen molar-refractivity contribution in [3.05, 3.63) is 57.8 Å². The molecule has 136 valence electrons. The molecule has 1 N–H and O–H groups in total. The molecule has 2 aromatic rings. The summed E-state index contributed by atoms with van der Waals surface area (Å²) in [5, 5.41) is 3.47. The Morgan fingerprint density at radius 3 is 2.77 bits per heavy atom. The van der Waals surface area contributed by atoms with Gasteiger partial charge in [-0.3, -0.25) is 4.79 Å². The molecule has 5 nitrogen and oxygen atoms in total. The number of rotatable bonds is 5. The lowest BCUT2D eigenvalue weighted by atomic mass is 10.2. The molecule has 0 spiro atoms. The summed E-state index contributed by atoms with van der Waals surface area (Å²) in [5.41, 5.74) is 5.28. The number of aryl methyl sites for hydroxylation is 2. The average Bonchev–Trinajstić information content (AvgIpc) is 3.08. The van der Waals surface area contributed by atoms with E-state index >= 15 is 0 Å². The predicted octanol–water partition coefficient (Wildman–Crippen LogP) is 3.95. The third kappa shape index (κ3) is 3.92. The van der Waals surface area contributed by atoms with Crippen LogP contribution < -0.4 is 5.32 Å². The number of hydrogen-bond acceptors (Lipinski definition) is 4. The molecule has 0 radical (unpaired) electrons. The van der Waals surface area contributed by atoms with Crippen molar-refractivity contribution in [2.24, 2.45) is 4.99 Å². The largest absolute Gasteiger partial charge is 0.383 e. The molecule has 26 heavy (non-hydrogen) atoms. The van der Waals surface area contributed by atoms with E-state index in [1.54, 1.807) is 7.11 Å². The number of carbonyl (C=O) groups excluding carboxylic acids is 1. The summed E-state index contributed by atoms with van der Waals surface area (Å²) in [6.07, 6.45) is 1.94. The predicted molar refractivity (Wildman–Crippen MR) is 108 cm³/mol. The number of hydrogen-bond donors (Lipinski definition) is 1. The van der Waals surface area contributed by atoms with Gasteiger partial charge in [-0.05, 0) is 61.9 Å². The van der Waals surface area contributed by atoms with E-state index < -0.39 is 0 Å². The quantitative estimate of drug-likeness (QED) is 0.812. The van der Waals surface area contributed by atoms with E-state index in [1.165, 1.54) is 11.8 Å². The molecular formula is C20H23N3O2S. The Bertz CT molecular complexity index is 896. The second-order valence-electron chi connectivity index (χ2n) is 6.24. The van der Waals surface area contributed by atoms with Crippen LogP contribution >= 0.6 is 11.8 Å². The van der Waals surface area contributed by atoms with Crippen LogP contribution in [0.25, 0.3) is 6.08 Å². The summed E-state index contributed by atoms with van der Waals surface area (Å²) >= 11 is 1.38. The Kier molecular flexibility index (Phi) is 5.64. The van der Waals surface area contributed by atoms with E-state index in [9.17, 15) is 4.79 Å². The van der Waals surface area contributed by atoms with Crippen LogP contribution in [-0.2, 0) is 16.1 Å². The van der Waals surface area contributed by atoms with Gasteiger partial charge in [-0.1, -0.05) is 18.2 Å². The molecule has 0 unspecified atom stereocenters. The number of nitrogens with zero attached hydrogens (tertiary/aromatic N) is 2. The summed E-state index contributed by atoms with van der Waals surface area (Å²) in [4.78, 5) is 17.6. The molecule has 1 aliphatic rings. The van der Waals surface area contributed by atoms with Crippen molar-refractivity contribution >= 4 is 34.6 Å². The molecule has 0 aliphatic carbocycles. The maximum atomic E-state index is 12.3. The maximum absolute atomic E-state index is 12.3. The number of carbonyl (C=O) groups is 1. The van der Waals surface area contributed by atoms with E-state index in [1.807, 2.05) is 37.3 Å². The van der Waals surface area contributed by atoms with Gasteiger partial charge in [0.05, 0.1) is 17.2 Å². The molecule has 1 amide bonds. The van der Waals surface area contributed by atoms with Crippen LogP contribution in [0, 0.1) is 20.8 Å². The Balaban J connectivity index is 1.84. The number of methoxy groups -OCH3 is 1. The first-order valence-electron chi connectivity index (χ1n) is 8.50. The van der Waals surface area contributed by atoms with Crippen molar-refractivity contribution in [1.29, 1.82) is 0 Å². The van der Waals surface area contributed by atoms with Crippen molar-refractivity contribution in [2.45, 2.75) is 27.3 Å². The van der Waals surface area contributed by atoms with Crippen molar-refractivity contribution in [3.63, 3.8) is 0 Å². The monoisotopic (exact) mass is 369 g/mol. The van der Waals surface area contributed by atoms with Gasteiger partial charge in [0.25, 0.3) is 5.91 Å². The fourth-order valence-corrected chi connectivity index (χ4v) is 3.75. The van der Waals surface area contributed by atoms with Gasteiger partial charge in [0.15, 0.2) is 5.17 Å². The SMILES string of the molecule is COCCn1c(C)cc(/C=C2/SC(=Nc3ccccc3C)NC2=O)c1C. The minimum atomic E-state index is -0.107. The smallest absolute Gasteiger partial charge is 0.264 e. The lowest BCUT2D eigenvalue weighted by molar-refractivity contribution is -0.115. The number of ether oxygens (including phenoxy) is 1. The van der Waals surface area contributed by atoms with E-state index in [-0.39, 0.29) is 5.91 Å². The number of thioether (sulfide) groups is 1. The molecule has 1 saturated heterocycles. The number of nitrogens with one attached hydrogen (secondary N) is 1. The zero-order valence-corrected chi connectivity index (χ0v) is 16.3. The highest BCUT2D eigenvalue weighted by molar-refractivity contribution is 8.18. The molecule has 0 bridgehead atoms. The molecule has 0 saturated carbocycles. The van der Waals surface area contributed by atoms with Crippen LogP contribution in [-0.4, -0.2) is 29.4 Å². The highest BCUT2D eigenvalue weighted by Crippen LogP contribution is 2.30. The van der Waals surface area contributed by atoms with Gasteiger partial charge in [-0.2, -0.15) is 0 Å². The number of amidine groups is 1. The van der Waals surface area contributed by atoms with E-state index in [2.05, 4.69) is 34.8 Å². The van der Waals surface area contributed by atoms with Crippen LogP contribution in [0.5, 0.6) is 0 Å². The standard InChI is InChI=1S/C20H23N3O2S/c1-13-7-5-6-8-17(13)21-20-22-19(24)18(26-20)12-16-11-14(2)23(15(16)3)9-10-25-4/h5-8,11-12H,9-10H2,1-4H3,(H,21,22,24)/b18-12+. The second kappa shape index (κ2) is 7.93. The Morgan fingerprint density at radius 1 is 1.27 bits per heavy atom. The minimum absolute atomic E-state index is 0.107. The highest BCUT2D eigenvalue weighted by atomic mass is 32.2. The van der Waals surface area contributed by atoms with Crippen LogP contribution in [0.4, 0.5) is 5.69 Å². The molecule has 1 aliphatic heterocycles. The molecule has 2 heterocycles. The van der Waals surface area contributed by atoms with Gasteiger partial charge < -0.3 is 14.6 Å². The minimum Gasteiger partial charge on any atom is -0.383 e. The van der Waals surface area contributed by atoms with Gasteiger partial charge in [0.1, 0.15) is 0 Å². The number of amides is 1. The number of aliphatic imine (C=N–C) groups is 1. The Morgan fingerprint density at radius 2 is 2.04 bits per heavy atom. The van der Waals surface area contributed by atoms with E-state index in [4.69, 9.17) is 4.74 Å².